The minimum absolute atomic E-state index is 0.411. The molecule has 0 unspecified atom stereocenters. The standard InChI is InChI=1S/C12H16N2O2/c1-2-10-3-4-11(7-13-10)14-5-6-16-9-12(15)8-14/h2-4,7,12,15H,1,5-6,8-9H2/t12-/m1/s1. The Bertz CT molecular complexity index is 351. The van der Waals surface area contributed by atoms with Crippen LogP contribution in [0.4, 0.5) is 5.69 Å². The molecule has 0 spiro atoms. The second kappa shape index (κ2) is 5.09. The fourth-order valence-corrected chi connectivity index (χ4v) is 1.73. The fourth-order valence-electron chi connectivity index (χ4n) is 1.73. The Labute approximate surface area is 95.2 Å². The zero-order chi connectivity index (χ0) is 11.4. The lowest BCUT2D eigenvalue weighted by Crippen LogP contribution is -2.32. The molecule has 4 nitrogen and oxygen atoms in total. The molecule has 1 fully saturated rings. The smallest absolute Gasteiger partial charge is 0.0948 e. The van der Waals surface area contributed by atoms with Crippen molar-refractivity contribution in [2.75, 3.05) is 31.2 Å². The van der Waals surface area contributed by atoms with E-state index in [0.717, 1.165) is 17.9 Å². The van der Waals surface area contributed by atoms with Gasteiger partial charge in [-0.25, -0.2) is 0 Å². The average molecular weight is 220 g/mol. The second-order valence-electron chi connectivity index (χ2n) is 3.82. The lowest BCUT2D eigenvalue weighted by atomic mass is 10.3. The molecular formula is C12H16N2O2. The normalized spacial score (nSPS) is 21.6. The van der Waals surface area contributed by atoms with Crippen LogP contribution in [-0.4, -0.2) is 42.5 Å². The molecule has 1 atom stereocenters. The minimum Gasteiger partial charge on any atom is -0.389 e. The van der Waals surface area contributed by atoms with Crippen molar-refractivity contribution in [3.05, 3.63) is 30.6 Å². The highest BCUT2D eigenvalue weighted by Crippen LogP contribution is 2.15. The van der Waals surface area contributed by atoms with Crippen molar-refractivity contribution in [2.45, 2.75) is 6.10 Å². The zero-order valence-electron chi connectivity index (χ0n) is 9.17. The first-order chi connectivity index (χ1) is 7.79. The molecule has 1 N–H and O–H groups in total. The van der Waals surface area contributed by atoms with Gasteiger partial charge in [-0.05, 0) is 18.2 Å². The van der Waals surface area contributed by atoms with Gasteiger partial charge in [0.1, 0.15) is 0 Å². The molecule has 1 saturated heterocycles. The molecule has 1 aromatic rings. The third-order valence-corrected chi connectivity index (χ3v) is 2.59. The van der Waals surface area contributed by atoms with Gasteiger partial charge in [0, 0.05) is 13.1 Å². The van der Waals surface area contributed by atoms with E-state index in [1.54, 1.807) is 12.3 Å². The van der Waals surface area contributed by atoms with Crippen molar-refractivity contribution in [2.24, 2.45) is 0 Å². The Morgan fingerprint density at radius 3 is 3.12 bits per heavy atom. The topological polar surface area (TPSA) is 45.6 Å². The first-order valence-electron chi connectivity index (χ1n) is 5.39. The number of hydrogen-bond donors (Lipinski definition) is 1. The molecule has 86 valence electrons. The third-order valence-electron chi connectivity index (χ3n) is 2.59. The maximum Gasteiger partial charge on any atom is 0.0948 e. The Balaban J connectivity index is 2.11. The fraction of sp³-hybridized carbons (Fsp3) is 0.417. The SMILES string of the molecule is C=Cc1ccc(N2CCOC[C@H](O)C2)cn1. The van der Waals surface area contributed by atoms with E-state index in [4.69, 9.17) is 4.74 Å². The number of nitrogens with zero attached hydrogens (tertiary/aromatic N) is 2. The van der Waals surface area contributed by atoms with Crippen molar-refractivity contribution in [1.29, 1.82) is 0 Å². The quantitative estimate of drug-likeness (QED) is 0.805. The molecule has 0 aliphatic carbocycles. The number of β-amino-alcohol motifs (C(OH)–C–C–N with tert-alkyl or cyclic N) is 1. The third kappa shape index (κ3) is 2.59. The van der Waals surface area contributed by atoms with Crippen molar-refractivity contribution in [1.82, 2.24) is 4.98 Å². The Kier molecular flexibility index (Phi) is 3.54. The van der Waals surface area contributed by atoms with Crippen LogP contribution in [0.5, 0.6) is 0 Å². The van der Waals surface area contributed by atoms with Gasteiger partial charge in [-0.3, -0.25) is 4.98 Å². The summed E-state index contributed by atoms with van der Waals surface area (Å²) in [5.41, 5.74) is 1.87. The van der Waals surface area contributed by atoms with Gasteiger partial charge in [0.05, 0.1) is 36.9 Å². The van der Waals surface area contributed by atoms with E-state index in [9.17, 15) is 5.11 Å². The molecule has 0 bridgehead atoms. The lowest BCUT2D eigenvalue weighted by Gasteiger charge is -2.23. The molecule has 0 saturated carbocycles. The maximum absolute atomic E-state index is 9.62. The van der Waals surface area contributed by atoms with Gasteiger partial charge in [-0.1, -0.05) is 6.58 Å². The van der Waals surface area contributed by atoms with Crippen LogP contribution in [0, 0.1) is 0 Å². The zero-order valence-corrected chi connectivity index (χ0v) is 9.17. The molecule has 16 heavy (non-hydrogen) atoms. The summed E-state index contributed by atoms with van der Waals surface area (Å²) in [5, 5.41) is 9.62. The highest BCUT2D eigenvalue weighted by atomic mass is 16.5. The highest BCUT2D eigenvalue weighted by Gasteiger charge is 2.16. The Morgan fingerprint density at radius 2 is 2.44 bits per heavy atom. The minimum atomic E-state index is -0.429. The number of hydrogen-bond acceptors (Lipinski definition) is 4. The number of pyridine rings is 1. The van der Waals surface area contributed by atoms with Crippen molar-refractivity contribution < 1.29 is 9.84 Å². The Hall–Kier alpha value is -1.39. The number of aromatic nitrogens is 1. The molecule has 2 heterocycles. The first-order valence-corrected chi connectivity index (χ1v) is 5.39. The Morgan fingerprint density at radius 1 is 1.56 bits per heavy atom. The van der Waals surface area contributed by atoms with Gasteiger partial charge >= 0.3 is 0 Å². The molecule has 2 rings (SSSR count). The van der Waals surface area contributed by atoms with Gasteiger partial charge in [0.25, 0.3) is 0 Å². The lowest BCUT2D eigenvalue weighted by molar-refractivity contribution is 0.0597. The van der Waals surface area contributed by atoms with Crippen LogP contribution < -0.4 is 4.90 Å². The molecule has 4 heteroatoms. The number of aliphatic hydroxyl groups excluding tert-OH is 1. The predicted octanol–water partition coefficient (Wildman–Crippen LogP) is 0.922. The molecular weight excluding hydrogens is 204 g/mol. The maximum atomic E-state index is 9.62. The number of ether oxygens (including phenoxy) is 1. The highest BCUT2D eigenvalue weighted by molar-refractivity contribution is 5.50. The average Bonchev–Trinajstić information content (AvgIpc) is 2.54. The summed E-state index contributed by atoms with van der Waals surface area (Å²) in [6, 6.07) is 3.91. The van der Waals surface area contributed by atoms with Gasteiger partial charge in [0.15, 0.2) is 0 Å². The molecule has 1 aliphatic rings. The van der Waals surface area contributed by atoms with E-state index in [2.05, 4.69) is 16.5 Å². The summed E-state index contributed by atoms with van der Waals surface area (Å²) < 4.78 is 5.28. The summed E-state index contributed by atoms with van der Waals surface area (Å²) >= 11 is 0. The van der Waals surface area contributed by atoms with Crippen molar-refractivity contribution in [3.63, 3.8) is 0 Å². The molecule has 1 aromatic heterocycles. The monoisotopic (exact) mass is 220 g/mol. The van der Waals surface area contributed by atoms with Gasteiger partial charge < -0.3 is 14.7 Å². The van der Waals surface area contributed by atoms with Crippen LogP contribution in [0.2, 0.25) is 0 Å². The van der Waals surface area contributed by atoms with Crippen LogP contribution >= 0.6 is 0 Å². The van der Waals surface area contributed by atoms with E-state index < -0.39 is 6.10 Å². The number of aliphatic hydroxyl groups is 1. The van der Waals surface area contributed by atoms with E-state index in [0.29, 0.717) is 19.8 Å². The van der Waals surface area contributed by atoms with E-state index in [1.165, 1.54) is 0 Å². The van der Waals surface area contributed by atoms with Crippen molar-refractivity contribution in [3.8, 4) is 0 Å². The first kappa shape index (κ1) is 11.1. The number of rotatable bonds is 2. The van der Waals surface area contributed by atoms with Crippen molar-refractivity contribution >= 4 is 11.8 Å². The van der Waals surface area contributed by atoms with E-state index in [1.807, 2.05) is 12.1 Å². The summed E-state index contributed by atoms with van der Waals surface area (Å²) in [4.78, 5) is 6.33. The van der Waals surface area contributed by atoms with Gasteiger partial charge in [-0.15, -0.1) is 0 Å². The molecule has 0 aromatic carbocycles. The predicted molar refractivity (Wildman–Crippen MR) is 63.4 cm³/mol. The summed E-state index contributed by atoms with van der Waals surface area (Å²) in [5.74, 6) is 0. The second-order valence-corrected chi connectivity index (χ2v) is 3.82. The summed E-state index contributed by atoms with van der Waals surface area (Å²) in [6.45, 7) is 6.09. The summed E-state index contributed by atoms with van der Waals surface area (Å²) in [7, 11) is 0. The van der Waals surface area contributed by atoms with Crippen LogP contribution in [0.1, 0.15) is 5.69 Å². The van der Waals surface area contributed by atoms with E-state index in [-0.39, 0.29) is 0 Å². The molecule has 0 amide bonds. The molecule has 1 aliphatic heterocycles. The van der Waals surface area contributed by atoms with Gasteiger partial charge in [-0.2, -0.15) is 0 Å². The van der Waals surface area contributed by atoms with Crippen LogP contribution in [-0.2, 0) is 4.74 Å². The van der Waals surface area contributed by atoms with E-state index >= 15 is 0 Å². The van der Waals surface area contributed by atoms with Crippen LogP contribution in [0.25, 0.3) is 6.08 Å². The molecule has 0 radical (unpaired) electrons. The van der Waals surface area contributed by atoms with Gasteiger partial charge in [0.2, 0.25) is 0 Å². The number of anilines is 1. The van der Waals surface area contributed by atoms with Crippen LogP contribution in [0.15, 0.2) is 24.9 Å². The van der Waals surface area contributed by atoms with Crippen LogP contribution in [0.3, 0.4) is 0 Å². The largest absolute Gasteiger partial charge is 0.389 e. The summed E-state index contributed by atoms with van der Waals surface area (Å²) in [6.07, 6.45) is 3.08.